The van der Waals surface area contributed by atoms with Gasteiger partial charge in [-0.1, -0.05) is 35.3 Å². The zero-order chi connectivity index (χ0) is 13.7. The number of pyridine rings is 1. The summed E-state index contributed by atoms with van der Waals surface area (Å²) < 4.78 is 0. The molecule has 4 heteroatoms. The number of hydrogen-bond acceptors (Lipinski definition) is 2. The zero-order valence-electron chi connectivity index (χ0n) is 10.4. The first-order chi connectivity index (χ1) is 9.19. The van der Waals surface area contributed by atoms with Crippen LogP contribution in [0.15, 0.2) is 42.7 Å². The van der Waals surface area contributed by atoms with Crippen molar-refractivity contribution in [3.63, 3.8) is 0 Å². The molecule has 0 radical (unpaired) electrons. The first-order valence-corrected chi connectivity index (χ1v) is 6.88. The van der Waals surface area contributed by atoms with Gasteiger partial charge in [0.2, 0.25) is 0 Å². The van der Waals surface area contributed by atoms with Crippen molar-refractivity contribution in [2.24, 2.45) is 5.92 Å². The molecular weight excluding hydrogens is 281 g/mol. The van der Waals surface area contributed by atoms with Crippen molar-refractivity contribution in [2.45, 2.75) is 12.8 Å². The van der Waals surface area contributed by atoms with E-state index >= 15 is 0 Å². The fourth-order valence-corrected chi connectivity index (χ4v) is 2.49. The fourth-order valence-electron chi connectivity index (χ4n) is 2.08. The molecule has 0 aliphatic carbocycles. The molecule has 0 bridgehead atoms. The summed E-state index contributed by atoms with van der Waals surface area (Å²) in [4.78, 5) is 3.96. The lowest BCUT2D eigenvalue weighted by atomic mass is 9.93. The van der Waals surface area contributed by atoms with Crippen LogP contribution in [-0.4, -0.2) is 16.7 Å². The first-order valence-electron chi connectivity index (χ1n) is 6.12. The third kappa shape index (κ3) is 4.20. The van der Waals surface area contributed by atoms with Gasteiger partial charge in [0, 0.05) is 24.0 Å². The number of nitrogens with zero attached hydrogens (tertiary/aromatic N) is 1. The average molecular weight is 296 g/mol. The van der Waals surface area contributed by atoms with E-state index in [-0.39, 0.29) is 12.5 Å². The summed E-state index contributed by atoms with van der Waals surface area (Å²) in [6.45, 7) is 0.116. The maximum Gasteiger partial charge on any atom is 0.0621 e. The summed E-state index contributed by atoms with van der Waals surface area (Å²) >= 11 is 12.1. The number of halogens is 2. The van der Waals surface area contributed by atoms with Gasteiger partial charge in [0.15, 0.2) is 0 Å². The van der Waals surface area contributed by atoms with E-state index in [1.165, 1.54) is 0 Å². The van der Waals surface area contributed by atoms with Crippen molar-refractivity contribution in [3.8, 4) is 0 Å². The van der Waals surface area contributed by atoms with Crippen LogP contribution in [0.1, 0.15) is 11.1 Å². The van der Waals surface area contributed by atoms with Crippen molar-refractivity contribution in [2.75, 3.05) is 6.61 Å². The Labute approximate surface area is 123 Å². The quantitative estimate of drug-likeness (QED) is 0.910. The molecule has 100 valence electrons. The van der Waals surface area contributed by atoms with Crippen LogP contribution in [0.3, 0.4) is 0 Å². The molecule has 0 spiro atoms. The Morgan fingerprint density at radius 2 is 2.00 bits per heavy atom. The van der Waals surface area contributed by atoms with E-state index in [4.69, 9.17) is 23.2 Å². The predicted molar refractivity (Wildman–Crippen MR) is 78.7 cm³/mol. The molecule has 0 aliphatic rings. The third-order valence-electron chi connectivity index (χ3n) is 3.04. The molecule has 2 rings (SSSR count). The second kappa shape index (κ2) is 6.90. The zero-order valence-corrected chi connectivity index (χ0v) is 11.9. The van der Waals surface area contributed by atoms with Crippen LogP contribution >= 0.6 is 23.2 Å². The lowest BCUT2D eigenvalue weighted by Gasteiger charge is -2.15. The highest BCUT2D eigenvalue weighted by Gasteiger charge is 2.12. The molecule has 2 nitrogen and oxygen atoms in total. The lowest BCUT2D eigenvalue weighted by Crippen LogP contribution is -2.13. The molecular formula is C15H15Cl2NO. The molecule has 2 aromatic rings. The number of hydrogen-bond donors (Lipinski definition) is 1. The van der Waals surface area contributed by atoms with E-state index in [2.05, 4.69) is 4.98 Å². The van der Waals surface area contributed by atoms with Gasteiger partial charge >= 0.3 is 0 Å². The molecule has 0 amide bonds. The van der Waals surface area contributed by atoms with E-state index < -0.39 is 0 Å². The van der Waals surface area contributed by atoms with Crippen LogP contribution in [0.4, 0.5) is 0 Å². The topological polar surface area (TPSA) is 33.1 Å². The number of rotatable bonds is 5. The Balaban J connectivity index is 2.07. The third-order valence-corrected chi connectivity index (χ3v) is 3.61. The molecule has 1 N–H and O–H groups in total. The maximum absolute atomic E-state index is 9.52. The van der Waals surface area contributed by atoms with E-state index in [1.807, 2.05) is 30.3 Å². The Kier molecular flexibility index (Phi) is 5.20. The van der Waals surface area contributed by atoms with Gasteiger partial charge in [0.05, 0.1) is 5.02 Å². The summed E-state index contributed by atoms with van der Waals surface area (Å²) in [5, 5.41) is 10.9. The molecule has 1 unspecified atom stereocenters. The second-order valence-electron chi connectivity index (χ2n) is 4.55. The highest BCUT2D eigenvalue weighted by atomic mass is 35.5. The largest absolute Gasteiger partial charge is 0.396 e. The molecule has 1 atom stereocenters. The van der Waals surface area contributed by atoms with Gasteiger partial charge in [-0.25, -0.2) is 0 Å². The molecule has 0 saturated heterocycles. The molecule has 1 aromatic carbocycles. The Morgan fingerprint density at radius 3 is 2.68 bits per heavy atom. The highest BCUT2D eigenvalue weighted by molar-refractivity contribution is 6.31. The molecule has 1 aromatic heterocycles. The van der Waals surface area contributed by atoms with Gasteiger partial charge in [0.1, 0.15) is 0 Å². The van der Waals surface area contributed by atoms with Crippen LogP contribution in [0.25, 0.3) is 0 Å². The molecule has 0 fully saturated rings. The Bertz CT molecular complexity index is 545. The van der Waals surface area contributed by atoms with E-state index in [1.54, 1.807) is 12.4 Å². The van der Waals surface area contributed by atoms with Gasteiger partial charge in [0.25, 0.3) is 0 Å². The fraction of sp³-hybridized carbons (Fsp3) is 0.267. The molecule has 19 heavy (non-hydrogen) atoms. The van der Waals surface area contributed by atoms with Gasteiger partial charge < -0.3 is 5.11 Å². The van der Waals surface area contributed by atoms with Crippen molar-refractivity contribution < 1.29 is 5.11 Å². The highest BCUT2D eigenvalue weighted by Crippen LogP contribution is 2.21. The smallest absolute Gasteiger partial charge is 0.0621 e. The van der Waals surface area contributed by atoms with E-state index in [9.17, 15) is 5.11 Å². The average Bonchev–Trinajstić information content (AvgIpc) is 2.40. The number of aromatic nitrogens is 1. The standard InChI is InChI=1S/C15H15Cl2NO/c16-14-3-1-2-11(8-14)6-12(10-19)7-13-4-5-18-9-15(13)17/h1-5,8-9,12,19H,6-7,10H2. The summed E-state index contributed by atoms with van der Waals surface area (Å²) in [7, 11) is 0. The minimum Gasteiger partial charge on any atom is -0.396 e. The summed E-state index contributed by atoms with van der Waals surface area (Å²) in [5.41, 5.74) is 2.13. The van der Waals surface area contributed by atoms with Crippen LogP contribution in [0.5, 0.6) is 0 Å². The van der Waals surface area contributed by atoms with Gasteiger partial charge in [-0.2, -0.15) is 0 Å². The van der Waals surface area contributed by atoms with Crippen LogP contribution in [0, 0.1) is 5.92 Å². The van der Waals surface area contributed by atoms with Crippen molar-refractivity contribution in [1.82, 2.24) is 4.98 Å². The number of aliphatic hydroxyl groups is 1. The Morgan fingerprint density at radius 1 is 1.16 bits per heavy atom. The van der Waals surface area contributed by atoms with Crippen LogP contribution in [-0.2, 0) is 12.8 Å². The number of benzene rings is 1. The first kappa shape index (κ1) is 14.3. The summed E-state index contributed by atoms with van der Waals surface area (Å²) in [5.74, 6) is 0.123. The van der Waals surface area contributed by atoms with E-state index in [0.717, 1.165) is 29.0 Å². The van der Waals surface area contributed by atoms with Crippen molar-refractivity contribution in [1.29, 1.82) is 0 Å². The number of aliphatic hydroxyl groups excluding tert-OH is 1. The maximum atomic E-state index is 9.52. The Hall–Kier alpha value is -1.09. The second-order valence-corrected chi connectivity index (χ2v) is 5.40. The predicted octanol–water partition coefficient (Wildman–Crippen LogP) is 3.78. The van der Waals surface area contributed by atoms with Crippen molar-refractivity contribution in [3.05, 3.63) is 63.9 Å². The van der Waals surface area contributed by atoms with E-state index in [0.29, 0.717) is 5.02 Å². The minimum atomic E-state index is 0.116. The summed E-state index contributed by atoms with van der Waals surface area (Å²) in [6.07, 6.45) is 4.85. The SMILES string of the molecule is OCC(Cc1cccc(Cl)c1)Cc1ccncc1Cl. The minimum absolute atomic E-state index is 0.116. The lowest BCUT2D eigenvalue weighted by molar-refractivity contribution is 0.225. The van der Waals surface area contributed by atoms with Crippen molar-refractivity contribution >= 4 is 23.2 Å². The van der Waals surface area contributed by atoms with Gasteiger partial charge in [-0.15, -0.1) is 0 Å². The van der Waals surface area contributed by atoms with Crippen LogP contribution < -0.4 is 0 Å². The molecule has 1 heterocycles. The molecule has 0 saturated carbocycles. The van der Waals surface area contributed by atoms with Gasteiger partial charge in [-0.3, -0.25) is 4.98 Å². The molecule has 0 aliphatic heterocycles. The van der Waals surface area contributed by atoms with Crippen LogP contribution in [0.2, 0.25) is 10.0 Å². The normalized spacial score (nSPS) is 12.4. The summed E-state index contributed by atoms with van der Waals surface area (Å²) in [6, 6.07) is 9.61. The monoisotopic (exact) mass is 295 g/mol. The van der Waals surface area contributed by atoms with Gasteiger partial charge in [-0.05, 0) is 48.1 Å².